The van der Waals surface area contributed by atoms with Crippen molar-refractivity contribution < 1.29 is 4.74 Å². The molecule has 0 heterocycles. The highest BCUT2D eigenvalue weighted by Gasteiger charge is 2.27. The minimum absolute atomic E-state index is 0.0806. The van der Waals surface area contributed by atoms with Crippen LogP contribution in [0.5, 0.6) is 5.75 Å². The van der Waals surface area contributed by atoms with E-state index in [4.69, 9.17) is 10.5 Å². The van der Waals surface area contributed by atoms with Crippen molar-refractivity contribution in [2.75, 3.05) is 7.11 Å². The second kappa shape index (κ2) is 5.06. The van der Waals surface area contributed by atoms with Gasteiger partial charge in [-0.05, 0) is 41.7 Å². The van der Waals surface area contributed by atoms with Crippen LogP contribution in [0.1, 0.15) is 35.1 Å². The molecule has 0 fully saturated rings. The monoisotopic (exact) mass is 253 g/mol. The Bertz CT molecular complexity index is 565. The van der Waals surface area contributed by atoms with E-state index in [2.05, 4.69) is 42.5 Å². The molecule has 0 aromatic heterocycles. The standard InChI is InChI=1S/C17H19NO/c1-19-14-8-10-16-13(11-14)7-9-15(17(16)18)12-5-3-2-4-6-12/h2-6,8,10-11,15,17H,7,9,18H2,1H3/t15-,17-/m1/s1. The van der Waals surface area contributed by atoms with Gasteiger partial charge in [0.15, 0.2) is 0 Å². The van der Waals surface area contributed by atoms with E-state index < -0.39 is 0 Å². The molecule has 0 bridgehead atoms. The summed E-state index contributed by atoms with van der Waals surface area (Å²) in [6, 6.07) is 16.9. The summed E-state index contributed by atoms with van der Waals surface area (Å²) >= 11 is 0. The number of benzene rings is 2. The molecule has 1 aliphatic rings. The van der Waals surface area contributed by atoms with Crippen LogP contribution >= 0.6 is 0 Å². The highest BCUT2D eigenvalue weighted by Crippen LogP contribution is 2.40. The number of rotatable bonds is 2. The zero-order valence-corrected chi connectivity index (χ0v) is 11.2. The molecule has 98 valence electrons. The average molecular weight is 253 g/mol. The van der Waals surface area contributed by atoms with Crippen LogP contribution in [0.3, 0.4) is 0 Å². The van der Waals surface area contributed by atoms with Gasteiger partial charge in [-0.2, -0.15) is 0 Å². The van der Waals surface area contributed by atoms with Gasteiger partial charge in [-0.3, -0.25) is 0 Å². The summed E-state index contributed by atoms with van der Waals surface area (Å²) in [7, 11) is 1.71. The summed E-state index contributed by atoms with van der Waals surface area (Å²) in [4.78, 5) is 0. The van der Waals surface area contributed by atoms with Gasteiger partial charge in [0.2, 0.25) is 0 Å². The molecular formula is C17H19NO. The summed E-state index contributed by atoms with van der Waals surface area (Å²) in [5.74, 6) is 1.34. The molecule has 0 saturated heterocycles. The third-order valence-electron chi connectivity index (χ3n) is 4.10. The van der Waals surface area contributed by atoms with Gasteiger partial charge >= 0.3 is 0 Å². The smallest absolute Gasteiger partial charge is 0.119 e. The molecule has 2 heteroatoms. The molecule has 2 atom stereocenters. The van der Waals surface area contributed by atoms with Crippen molar-refractivity contribution in [3.63, 3.8) is 0 Å². The fourth-order valence-electron chi connectivity index (χ4n) is 3.03. The Balaban J connectivity index is 1.94. The Morgan fingerprint density at radius 1 is 1.11 bits per heavy atom. The van der Waals surface area contributed by atoms with Gasteiger partial charge in [0, 0.05) is 12.0 Å². The molecule has 0 radical (unpaired) electrons. The number of nitrogens with two attached hydrogens (primary N) is 1. The Labute approximate surface area is 114 Å². The van der Waals surface area contributed by atoms with E-state index in [1.807, 2.05) is 6.07 Å². The second-order valence-corrected chi connectivity index (χ2v) is 5.15. The van der Waals surface area contributed by atoms with Crippen LogP contribution in [-0.2, 0) is 6.42 Å². The summed E-state index contributed by atoms with van der Waals surface area (Å²) < 4.78 is 5.29. The van der Waals surface area contributed by atoms with Crippen molar-refractivity contribution in [1.29, 1.82) is 0 Å². The predicted molar refractivity (Wildman–Crippen MR) is 77.4 cm³/mol. The minimum Gasteiger partial charge on any atom is -0.497 e. The quantitative estimate of drug-likeness (QED) is 0.890. The van der Waals surface area contributed by atoms with Crippen LogP contribution in [0.4, 0.5) is 0 Å². The first-order valence-electron chi connectivity index (χ1n) is 6.77. The van der Waals surface area contributed by atoms with Gasteiger partial charge in [0.05, 0.1) is 7.11 Å². The predicted octanol–water partition coefficient (Wildman–Crippen LogP) is 3.43. The molecule has 0 aliphatic heterocycles. The Morgan fingerprint density at radius 3 is 2.63 bits per heavy atom. The van der Waals surface area contributed by atoms with Gasteiger partial charge in [-0.15, -0.1) is 0 Å². The van der Waals surface area contributed by atoms with Gasteiger partial charge in [0.1, 0.15) is 5.75 Å². The Morgan fingerprint density at radius 2 is 1.89 bits per heavy atom. The number of hydrogen-bond acceptors (Lipinski definition) is 2. The lowest BCUT2D eigenvalue weighted by Gasteiger charge is -2.31. The van der Waals surface area contributed by atoms with Crippen LogP contribution in [0.2, 0.25) is 0 Å². The fourth-order valence-corrected chi connectivity index (χ4v) is 3.03. The topological polar surface area (TPSA) is 35.2 Å². The van der Waals surface area contributed by atoms with Crippen molar-refractivity contribution in [3.8, 4) is 5.75 Å². The maximum Gasteiger partial charge on any atom is 0.119 e. The van der Waals surface area contributed by atoms with Gasteiger partial charge < -0.3 is 10.5 Å². The SMILES string of the molecule is COc1ccc2c(c1)CC[C@H](c1ccccc1)[C@H]2N. The number of fused-ring (bicyclic) bond motifs is 1. The summed E-state index contributed by atoms with van der Waals surface area (Å²) in [5.41, 5.74) is 10.4. The first kappa shape index (κ1) is 12.2. The lowest BCUT2D eigenvalue weighted by atomic mass is 9.77. The van der Waals surface area contributed by atoms with Crippen molar-refractivity contribution in [2.45, 2.75) is 24.8 Å². The molecule has 2 nitrogen and oxygen atoms in total. The van der Waals surface area contributed by atoms with Crippen molar-refractivity contribution >= 4 is 0 Å². The van der Waals surface area contributed by atoms with E-state index in [0.29, 0.717) is 5.92 Å². The molecule has 0 amide bonds. The summed E-state index contributed by atoms with van der Waals surface area (Å²) in [6.07, 6.45) is 2.17. The molecular weight excluding hydrogens is 234 g/mol. The molecule has 2 aromatic carbocycles. The van der Waals surface area contributed by atoms with Crippen LogP contribution in [-0.4, -0.2) is 7.11 Å². The first-order valence-corrected chi connectivity index (χ1v) is 6.77. The summed E-state index contributed by atoms with van der Waals surface area (Å²) in [6.45, 7) is 0. The van der Waals surface area contributed by atoms with E-state index in [-0.39, 0.29) is 6.04 Å². The molecule has 19 heavy (non-hydrogen) atoms. The molecule has 0 spiro atoms. The number of hydrogen-bond donors (Lipinski definition) is 1. The van der Waals surface area contributed by atoms with Crippen molar-refractivity contribution in [3.05, 3.63) is 65.2 Å². The van der Waals surface area contributed by atoms with Crippen LogP contribution in [0.25, 0.3) is 0 Å². The Hall–Kier alpha value is -1.80. The fraction of sp³-hybridized carbons (Fsp3) is 0.294. The maximum absolute atomic E-state index is 6.47. The largest absolute Gasteiger partial charge is 0.497 e. The maximum atomic E-state index is 6.47. The zero-order chi connectivity index (χ0) is 13.2. The van der Waals surface area contributed by atoms with Gasteiger partial charge in [0.25, 0.3) is 0 Å². The number of aryl methyl sites for hydroxylation is 1. The van der Waals surface area contributed by atoms with E-state index in [1.165, 1.54) is 16.7 Å². The number of methoxy groups -OCH3 is 1. The zero-order valence-electron chi connectivity index (χ0n) is 11.2. The molecule has 0 saturated carbocycles. The number of ether oxygens (including phenoxy) is 1. The molecule has 2 N–H and O–H groups in total. The first-order chi connectivity index (χ1) is 9.29. The average Bonchev–Trinajstić information content (AvgIpc) is 2.48. The molecule has 3 rings (SSSR count). The van der Waals surface area contributed by atoms with Crippen molar-refractivity contribution in [1.82, 2.24) is 0 Å². The van der Waals surface area contributed by atoms with E-state index in [0.717, 1.165) is 18.6 Å². The highest BCUT2D eigenvalue weighted by atomic mass is 16.5. The minimum atomic E-state index is 0.0806. The van der Waals surface area contributed by atoms with Crippen molar-refractivity contribution in [2.24, 2.45) is 5.73 Å². The molecule has 2 aromatic rings. The lowest BCUT2D eigenvalue weighted by Crippen LogP contribution is -2.25. The normalized spacial score (nSPS) is 21.8. The third kappa shape index (κ3) is 2.24. The summed E-state index contributed by atoms with van der Waals surface area (Å²) in [5, 5.41) is 0. The van der Waals surface area contributed by atoms with Crippen LogP contribution in [0.15, 0.2) is 48.5 Å². The highest BCUT2D eigenvalue weighted by molar-refractivity contribution is 5.41. The second-order valence-electron chi connectivity index (χ2n) is 5.15. The van der Waals surface area contributed by atoms with E-state index in [1.54, 1.807) is 7.11 Å². The van der Waals surface area contributed by atoms with E-state index in [9.17, 15) is 0 Å². The lowest BCUT2D eigenvalue weighted by molar-refractivity contribution is 0.411. The van der Waals surface area contributed by atoms with Crippen LogP contribution in [0, 0.1) is 0 Å². The van der Waals surface area contributed by atoms with E-state index >= 15 is 0 Å². The van der Waals surface area contributed by atoms with Gasteiger partial charge in [-0.25, -0.2) is 0 Å². The van der Waals surface area contributed by atoms with Crippen LogP contribution < -0.4 is 10.5 Å². The Kier molecular flexibility index (Phi) is 3.26. The third-order valence-corrected chi connectivity index (χ3v) is 4.10. The molecule has 0 unspecified atom stereocenters. The molecule has 1 aliphatic carbocycles. The van der Waals surface area contributed by atoms with Gasteiger partial charge in [-0.1, -0.05) is 36.4 Å².